The highest BCUT2D eigenvalue weighted by atomic mass is 79.9. The van der Waals surface area contributed by atoms with E-state index >= 15 is 0 Å². The lowest BCUT2D eigenvalue weighted by Gasteiger charge is -2.50. The first-order valence-corrected chi connectivity index (χ1v) is 13.9. The summed E-state index contributed by atoms with van der Waals surface area (Å²) < 4.78 is 0.582. The molecule has 1 N–H and O–H groups in total. The number of hydrogen-bond donors (Lipinski definition) is 1. The summed E-state index contributed by atoms with van der Waals surface area (Å²) in [5.74, 6) is -6.17. The molecular weight excluding hydrogens is 629 g/mol. The maximum Gasteiger partial charge on any atom is 0.269 e. The number of anilines is 1. The van der Waals surface area contributed by atoms with Crippen LogP contribution in [0, 0.1) is 27.9 Å². The van der Waals surface area contributed by atoms with Crippen molar-refractivity contribution in [3.63, 3.8) is 0 Å². The summed E-state index contributed by atoms with van der Waals surface area (Å²) in [6.45, 7) is 0. The van der Waals surface area contributed by atoms with Crippen LogP contribution in [0.1, 0.15) is 24.3 Å². The molecule has 4 aliphatic rings. The highest BCUT2D eigenvalue weighted by Gasteiger charge is 2.76. The monoisotopic (exact) mass is 647 g/mol. The van der Waals surface area contributed by atoms with Gasteiger partial charge in [0.15, 0.2) is 9.75 Å². The molecule has 10 nitrogen and oxygen atoms in total. The molecule has 1 saturated carbocycles. The van der Waals surface area contributed by atoms with E-state index in [-0.39, 0.29) is 35.5 Å². The highest BCUT2D eigenvalue weighted by molar-refractivity contribution is 9.10. The molecule has 0 aromatic heterocycles. The Labute approximate surface area is 245 Å². The first-order valence-electron chi connectivity index (χ1n) is 12.3. The van der Waals surface area contributed by atoms with Gasteiger partial charge in [0, 0.05) is 35.1 Å². The van der Waals surface area contributed by atoms with Crippen molar-refractivity contribution in [3.8, 4) is 5.75 Å². The Bertz CT molecular complexity index is 1580. The number of likely N-dealkylation sites (tertiary alicyclic amines) is 1. The van der Waals surface area contributed by atoms with E-state index < -0.39 is 62.0 Å². The van der Waals surface area contributed by atoms with Crippen LogP contribution >= 0.6 is 39.1 Å². The van der Waals surface area contributed by atoms with Crippen LogP contribution in [0.25, 0.3) is 0 Å². The molecule has 2 aliphatic carbocycles. The van der Waals surface area contributed by atoms with Crippen molar-refractivity contribution in [2.45, 2.75) is 28.5 Å². The molecule has 40 heavy (non-hydrogen) atoms. The maximum atomic E-state index is 13.9. The number of phenolic OH excluding ortho intramolecular Hbond substituents is 1. The predicted octanol–water partition coefficient (Wildman–Crippen LogP) is 4.26. The lowest BCUT2D eigenvalue weighted by molar-refractivity contribution is -0.384. The minimum Gasteiger partial charge on any atom is -0.508 e. The molecule has 0 unspecified atom stereocenters. The number of fused-ring (bicyclic) bond motifs is 4. The van der Waals surface area contributed by atoms with E-state index in [2.05, 4.69) is 15.9 Å². The molecule has 2 aromatic rings. The normalized spacial score (nSPS) is 33.0. The van der Waals surface area contributed by atoms with Gasteiger partial charge in [-0.05, 0) is 49.1 Å². The standard InChI is InChI=1S/C27H20BrCl2N3O7/c1-31-24(37)26(29)11-18-15(21(27(26,30)25(31)38)17-10-12(28)2-9-19(17)34)7-8-16-20(18)23(36)32(22(16)35)13-3-5-14(6-4-13)33(39)40/h2-7,9-10,16,18,20-21,34H,8,11H2,1H3/t16-,18+,20-,21+,26+,27-/m0/s1. The lowest BCUT2D eigenvalue weighted by atomic mass is 9.56. The molecule has 13 heteroatoms. The number of imide groups is 2. The minimum absolute atomic E-state index is 0.149. The van der Waals surface area contributed by atoms with E-state index in [0.717, 1.165) is 9.80 Å². The number of non-ortho nitro benzene ring substituents is 1. The smallest absolute Gasteiger partial charge is 0.269 e. The molecule has 6 atom stereocenters. The molecule has 0 spiro atoms. The summed E-state index contributed by atoms with van der Waals surface area (Å²) in [6.07, 6.45) is 1.73. The zero-order valence-electron chi connectivity index (χ0n) is 20.7. The van der Waals surface area contributed by atoms with Gasteiger partial charge in [-0.2, -0.15) is 0 Å². The summed E-state index contributed by atoms with van der Waals surface area (Å²) in [7, 11) is 1.29. The highest BCUT2D eigenvalue weighted by Crippen LogP contribution is 2.66. The Morgan fingerprint density at radius 2 is 1.70 bits per heavy atom. The molecule has 2 aromatic carbocycles. The van der Waals surface area contributed by atoms with Crippen LogP contribution in [-0.4, -0.2) is 55.4 Å². The molecule has 3 fully saturated rings. The topological polar surface area (TPSA) is 138 Å². The Hall–Kier alpha value is -3.28. The van der Waals surface area contributed by atoms with Gasteiger partial charge in [-0.15, -0.1) is 23.2 Å². The van der Waals surface area contributed by atoms with E-state index in [4.69, 9.17) is 23.2 Å². The fraction of sp³-hybridized carbons (Fsp3) is 0.333. The Kier molecular flexibility index (Phi) is 5.96. The van der Waals surface area contributed by atoms with Crippen molar-refractivity contribution in [3.05, 3.63) is 74.3 Å². The number of carbonyl (C=O) groups is 4. The van der Waals surface area contributed by atoms with Gasteiger partial charge < -0.3 is 5.11 Å². The van der Waals surface area contributed by atoms with E-state index in [1.807, 2.05) is 0 Å². The van der Waals surface area contributed by atoms with Gasteiger partial charge in [-0.1, -0.05) is 27.6 Å². The first kappa shape index (κ1) is 26.9. The maximum absolute atomic E-state index is 13.9. The average molecular weight is 649 g/mol. The van der Waals surface area contributed by atoms with Crippen LogP contribution in [0.2, 0.25) is 0 Å². The summed E-state index contributed by atoms with van der Waals surface area (Å²) in [6, 6.07) is 9.72. The van der Waals surface area contributed by atoms with Crippen molar-refractivity contribution in [2.24, 2.45) is 17.8 Å². The van der Waals surface area contributed by atoms with Crippen LogP contribution < -0.4 is 4.90 Å². The fourth-order valence-corrected chi connectivity index (χ4v) is 8.21. The summed E-state index contributed by atoms with van der Waals surface area (Å²) in [5.41, 5.74) is 0.797. The van der Waals surface area contributed by atoms with Gasteiger partial charge in [0.05, 0.1) is 22.4 Å². The molecule has 4 amide bonds. The number of nitro benzene ring substituents is 1. The van der Waals surface area contributed by atoms with Crippen molar-refractivity contribution in [2.75, 3.05) is 11.9 Å². The third-order valence-corrected chi connectivity index (χ3v) is 10.5. The molecular formula is C27H20BrCl2N3O7. The van der Waals surface area contributed by atoms with Crippen LogP contribution in [-0.2, 0) is 19.2 Å². The molecule has 6 rings (SSSR count). The van der Waals surface area contributed by atoms with Gasteiger partial charge >= 0.3 is 0 Å². The Morgan fingerprint density at radius 1 is 1.02 bits per heavy atom. The number of allylic oxidation sites excluding steroid dienone is 2. The van der Waals surface area contributed by atoms with E-state index in [9.17, 15) is 34.4 Å². The molecule has 2 saturated heterocycles. The second-order valence-corrected chi connectivity index (χ2v) is 12.6. The summed E-state index contributed by atoms with van der Waals surface area (Å²) in [4.78, 5) is 62.9. The second-order valence-electron chi connectivity index (χ2n) is 10.5. The lowest BCUT2D eigenvalue weighted by Crippen LogP contribution is -2.60. The molecule has 2 aliphatic heterocycles. The quantitative estimate of drug-likeness (QED) is 0.173. The second kappa shape index (κ2) is 8.86. The fourth-order valence-electron chi connectivity index (χ4n) is 6.82. The predicted molar refractivity (Wildman–Crippen MR) is 147 cm³/mol. The van der Waals surface area contributed by atoms with Crippen molar-refractivity contribution < 1.29 is 29.2 Å². The van der Waals surface area contributed by atoms with Gasteiger partial charge in [0.25, 0.3) is 17.5 Å². The Morgan fingerprint density at radius 3 is 2.35 bits per heavy atom. The van der Waals surface area contributed by atoms with E-state index in [1.165, 1.54) is 37.4 Å². The van der Waals surface area contributed by atoms with Crippen LogP contribution in [0.3, 0.4) is 0 Å². The molecule has 0 radical (unpaired) electrons. The number of nitro groups is 1. The zero-order chi connectivity index (χ0) is 28.9. The number of amides is 4. The van der Waals surface area contributed by atoms with Gasteiger partial charge in [0.2, 0.25) is 11.8 Å². The number of nitrogens with zero attached hydrogens (tertiary/aromatic N) is 3. The molecule has 206 valence electrons. The number of benzene rings is 2. The van der Waals surface area contributed by atoms with E-state index in [0.29, 0.717) is 10.0 Å². The third kappa shape index (κ3) is 3.34. The zero-order valence-corrected chi connectivity index (χ0v) is 23.8. The van der Waals surface area contributed by atoms with Gasteiger partial charge in [-0.3, -0.25) is 39.1 Å². The van der Waals surface area contributed by atoms with Crippen molar-refractivity contribution in [1.29, 1.82) is 0 Å². The molecule has 2 heterocycles. The van der Waals surface area contributed by atoms with Gasteiger partial charge in [-0.25, -0.2) is 0 Å². The number of carbonyl (C=O) groups excluding carboxylic acids is 4. The van der Waals surface area contributed by atoms with Gasteiger partial charge in [0.1, 0.15) is 5.75 Å². The van der Waals surface area contributed by atoms with Crippen molar-refractivity contribution in [1.82, 2.24) is 4.90 Å². The van der Waals surface area contributed by atoms with Crippen molar-refractivity contribution >= 4 is 74.1 Å². The number of alkyl halides is 2. The summed E-state index contributed by atoms with van der Waals surface area (Å²) >= 11 is 17.6. The number of hydrogen-bond acceptors (Lipinski definition) is 7. The Balaban J connectivity index is 1.50. The minimum atomic E-state index is -2.00. The number of aromatic hydroxyl groups is 1. The summed E-state index contributed by atoms with van der Waals surface area (Å²) in [5, 5.41) is 22.0. The number of halogens is 3. The van der Waals surface area contributed by atoms with E-state index in [1.54, 1.807) is 18.2 Å². The van der Waals surface area contributed by atoms with Crippen LogP contribution in [0.15, 0.2) is 58.6 Å². The van der Waals surface area contributed by atoms with Crippen LogP contribution in [0.4, 0.5) is 11.4 Å². The van der Waals surface area contributed by atoms with Crippen LogP contribution in [0.5, 0.6) is 5.75 Å². The average Bonchev–Trinajstić information content (AvgIpc) is 3.25. The largest absolute Gasteiger partial charge is 0.508 e. The first-order chi connectivity index (χ1) is 18.8. The third-order valence-electron chi connectivity index (χ3n) is 8.63. The SMILES string of the molecule is CN1C(=O)[C@]2(Cl)C[C@@H]3C(=CC[C@@H]4C(=O)N(c5ccc([N+](=O)[O-])cc5)C(=O)[C@@H]43)[C@H](c3cc(Br)ccc3O)[C@]2(Cl)C1=O. The molecule has 0 bridgehead atoms. The number of rotatable bonds is 3. The number of phenols is 1.